The lowest BCUT2D eigenvalue weighted by Crippen LogP contribution is -2.26. The van der Waals surface area contributed by atoms with Gasteiger partial charge in [-0.05, 0) is 24.1 Å². The van der Waals surface area contributed by atoms with E-state index in [4.69, 9.17) is 0 Å². The van der Waals surface area contributed by atoms with Crippen LogP contribution in [-0.2, 0) is 23.2 Å². The molecule has 20 heavy (non-hydrogen) atoms. The van der Waals surface area contributed by atoms with E-state index >= 15 is 0 Å². The smallest absolute Gasteiger partial charge is 0.240 e. The highest BCUT2D eigenvalue weighted by molar-refractivity contribution is 7.89. The van der Waals surface area contributed by atoms with Gasteiger partial charge in [0.25, 0.3) is 0 Å². The molecule has 1 heterocycles. The Kier molecular flexibility index (Phi) is 4.89. The fourth-order valence-corrected chi connectivity index (χ4v) is 3.16. The molecule has 6 nitrogen and oxygen atoms in total. The first-order valence-electron chi connectivity index (χ1n) is 6.29. The first kappa shape index (κ1) is 14.7. The normalized spacial score (nSPS) is 11.7. The monoisotopic (exact) mass is 295 g/mol. The molecule has 0 spiro atoms. The minimum atomic E-state index is -3.58. The largest absolute Gasteiger partial charge is 0.392 e. The van der Waals surface area contributed by atoms with E-state index in [0.717, 1.165) is 0 Å². The van der Waals surface area contributed by atoms with E-state index in [1.807, 2.05) is 12.3 Å². The van der Waals surface area contributed by atoms with E-state index in [-0.39, 0.29) is 11.5 Å². The standard InChI is InChI=1S/C13H17N3O3S/c17-11-12-5-1-2-6-13(12)20(18,19)15-8-4-10-16-9-3-7-14-16/h1-3,5-7,9,15,17H,4,8,10-11H2. The van der Waals surface area contributed by atoms with Crippen molar-refractivity contribution in [1.82, 2.24) is 14.5 Å². The third kappa shape index (κ3) is 3.66. The predicted octanol–water partition coefficient (Wildman–Crippen LogP) is 0.744. The average molecular weight is 295 g/mol. The number of hydrogen-bond donors (Lipinski definition) is 2. The van der Waals surface area contributed by atoms with Gasteiger partial charge in [0.1, 0.15) is 0 Å². The summed E-state index contributed by atoms with van der Waals surface area (Å²) in [4.78, 5) is 0.126. The van der Waals surface area contributed by atoms with E-state index < -0.39 is 10.0 Å². The second-order valence-corrected chi connectivity index (χ2v) is 6.02. The summed E-state index contributed by atoms with van der Waals surface area (Å²) in [7, 11) is -3.58. The van der Waals surface area contributed by atoms with E-state index in [1.54, 1.807) is 29.1 Å². The van der Waals surface area contributed by atoms with Crippen LogP contribution < -0.4 is 4.72 Å². The highest BCUT2D eigenvalue weighted by Crippen LogP contribution is 2.14. The Hall–Kier alpha value is -1.70. The maximum Gasteiger partial charge on any atom is 0.240 e. The SMILES string of the molecule is O=S(=O)(NCCCn1cccn1)c1ccccc1CO. The molecule has 108 valence electrons. The first-order valence-corrected chi connectivity index (χ1v) is 7.77. The van der Waals surface area contributed by atoms with Crippen molar-refractivity contribution in [2.45, 2.75) is 24.5 Å². The van der Waals surface area contributed by atoms with Crippen LogP contribution in [0, 0.1) is 0 Å². The van der Waals surface area contributed by atoms with Crippen LogP contribution in [-0.4, -0.2) is 29.8 Å². The Balaban J connectivity index is 1.94. The van der Waals surface area contributed by atoms with Gasteiger partial charge in [0.2, 0.25) is 10.0 Å². The number of hydrogen-bond acceptors (Lipinski definition) is 4. The van der Waals surface area contributed by atoms with Gasteiger partial charge < -0.3 is 5.11 Å². The van der Waals surface area contributed by atoms with Crippen LogP contribution in [0.2, 0.25) is 0 Å². The number of nitrogens with one attached hydrogen (secondary N) is 1. The van der Waals surface area contributed by atoms with Crippen molar-refractivity contribution in [3.63, 3.8) is 0 Å². The summed E-state index contributed by atoms with van der Waals surface area (Å²) in [5.74, 6) is 0. The van der Waals surface area contributed by atoms with Gasteiger partial charge in [-0.2, -0.15) is 5.10 Å². The highest BCUT2D eigenvalue weighted by Gasteiger charge is 2.16. The number of aromatic nitrogens is 2. The summed E-state index contributed by atoms with van der Waals surface area (Å²) in [6.45, 7) is 0.670. The van der Waals surface area contributed by atoms with Crippen molar-refractivity contribution in [3.05, 3.63) is 48.3 Å². The lowest BCUT2D eigenvalue weighted by molar-refractivity contribution is 0.278. The third-order valence-electron chi connectivity index (χ3n) is 2.85. The summed E-state index contributed by atoms with van der Waals surface area (Å²) in [5.41, 5.74) is 0.395. The number of aliphatic hydroxyl groups excluding tert-OH is 1. The van der Waals surface area contributed by atoms with Gasteiger partial charge in [0.05, 0.1) is 11.5 Å². The van der Waals surface area contributed by atoms with Crippen molar-refractivity contribution >= 4 is 10.0 Å². The Morgan fingerprint density at radius 2 is 2.05 bits per heavy atom. The van der Waals surface area contributed by atoms with Crippen LogP contribution in [0.5, 0.6) is 0 Å². The Morgan fingerprint density at radius 3 is 2.75 bits per heavy atom. The van der Waals surface area contributed by atoms with E-state index in [9.17, 15) is 13.5 Å². The van der Waals surface area contributed by atoms with Crippen LogP contribution in [0.1, 0.15) is 12.0 Å². The van der Waals surface area contributed by atoms with Gasteiger partial charge in [0, 0.05) is 25.5 Å². The first-order chi connectivity index (χ1) is 9.63. The Labute approximate surface area is 118 Å². The molecule has 0 aliphatic carbocycles. The van der Waals surface area contributed by atoms with Gasteiger partial charge in [-0.1, -0.05) is 18.2 Å². The minimum Gasteiger partial charge on any atom is -0.392 e. The Bertz CT molecular complexity index is 639. The van der Waals surface area contributed by atoms with E-state index in [1.165, 1.54) is 6.07 Å². The second-order valence-electron chi connectivity index (χ2n) is 4.29. The molecule has 0 unspecified atom stereocenters. The zero-order chi connectivity index (χ0) is 14.4. The summed E-state index contributed by atoms with van der Waals surface area (Å²) in [6.07, 6.45) is 4.15. The molecule has 2 rings (SSSR count). The van der Waals surface area contributed by atoms with E-state index in [2.05, 4.69) is 9.82 Å². The molecule has 2 aromatic rings. The van der Waals surface area contributed by atoms with Crippen LogP contribution >= 0.6 is 0 Å². The van der Waals surface area contributed by atoms with Gasteiger partial charge in [0.15, 0.2) is 0 Å². The molecule has 1 aromatic carbocycles. The van der Waals surface area contributed by atoms with Crippen molar-refractivity contribution in [3.8, 4) is 0 Å². The number of sulfonamides is 1. The Morgan fingerprint density at radius 1 is 1.25 bits per heavy atom. The van der Waals surface area contributed by atoms with E-state index in [0.29, 0.717) is 25.1 Å². The quantitative estimate of drug-likeness (QED) is 0.738. The molecular formula is C13H17N3O3S. The fourth-order valence-electron chi connectivity index (χ4n) is 1.85. The molecule has 7 heteroatoms. The molecule has 0 fully saturated rings. The number of rotatable bonds is 7. The number of benzene rings is 1. The van der Waals surface area contributed by atoms with Gasteiger partial charge >= 0.3 is 0 Å². The summed E-state index contributed by atoms with van der Waals surface area (Å²) in [6, 6.07) is 8.24. The fraction of sp³-hybridized carbons (Fsp3) is 0.308. The average Bonchev–Trinajstić information content (AvgIpc) is 2.97. The van der Waals surface area contributed by atoms with Gasteiger partial charge in [-0.3, -0.25) is 4.68 Å². The molecule has 2 N–H and O–H groups in total. The highest BCUT2D eigenvalue weighted by atomic mass is 32.2. The maximum atomic E-state index is 12.1. The zero-order valence-corrected chi connectivity index (χ0v) is 11.8. The lowest BCUT2D eigenvalue weighted by Gasteiger charge is -2.10. The molecule has 0 amide bonds. The molecule has 0 radical (unpaired) electrons. The van der Waals surface area contributed by atoms with Crippen molar-refractivity contribution < 1.29 is 13.5 Å². The van der Waals surface area contributed by atoms with Crippen LogP contribution in [0.25, 0.3) is 0 Å². The molecular weight excluding hydrogens is 278 g/mol. The second kappa shape index (κ2) is 6.65. The van der Waals surface area contributed by atoms with Gasteiger partial charge in [-0.15, -0.1) is 0 Å². The number of aliphatic hydroxyl groups is 1. The molecule has 0 bridgehead atoms. The van der Waals surface area contributed by atoms with Crippen LogP contribution in [0.15, 0.2) is 47.6 Å². The molecule has 0 atom stereocenters. The molecule has 1 aromatic heterocycles. The van der Waals surface area contributed by atoms with Crippen molar-refractivity contribution in [2.24, 2.45) is 0 Å². The summed E-state index contributed by atoms with van der Waals surface area (Å²) >= 11 is 0. The van der Waals surface area contributed by atoms with Gasteiger partial charge in [-0.25, -0.2) is 13.1 Å². The third-order valence-corrected chi connectivity index (χ3v) is 4.41. The molecule has 0 aliphatic rings. The van der Waals surface area contributed by atoms with Crippen LogP contribution in [0.4, 0.5) is 0 Å². The van der Waals surface area contributed by atoms with Crippen LogP contribution in [0.3, 0.4) is 0 Å². The minimum absolute atomic E-state index is 0.126. The van der Waals surface area contributed by atoms with Crippen molar-refractivity contribution in [1.29, 1.82) is 0 Å². The molecule has 0 saturated heterocycles. The topological polar surface area (TPSA) is 84.2 Å². The number of aryl methyl sites for hydroxylation is 1. The predicted molar refractivity (Wildman–Crippen MR) is 74.4 cm³/mol. The van der Waals surface area contributed by atoms with Crippen molar-refractivity contribution in [2.75, 3.05) is 6.54 Å². The molecule has 0 aliphatic heterocycles. The zero-order valence-electron chi connectivity index (χ0n) is 10.9. The summed E-state index contributed by atoms with van der Waals surface area (Å²) in [5, 5.41) is 13.2. The maximum absolute atomic E-state index is 12.1. The lowest BCUT2D eigenvalue weighted by atomic mass is 10.2. The molecule has 0 saturated carbocycles. The number of nitrogens with zero attached hydrogens (tertiary/aromatic N) is 2. The summed E-state index contributed by atoms with van der Waals surface area (Å²) < 4.78 is 28.5.